The van der Waals surface area contributed by atoms with E-state index in [1.54, 1.807) is 28.4 Å². The van der Waals surface area contributed by atoms with Gasteiger partial charge in [0.2, 0.25) is 0 Å². The number of anilines is 6. The lowest BCUT2D eigenvalue weighted by atomic mass is 9.81. The molecule has 0 saturated carbocycles. The quantitative estimate of drug-likeness (QED) is 0.123. The first-order valence-electron chi connectivity index (χ1n) is 20.4. The molecule has 0 amide bonds. The molecular formula is C55H48N2O4. The summed E-state index contributed by atoms with van der Waals surface area (Å²) in [6, 6.07) is 64.2. The first kappa shape index (κ1) is 39.0. The molecule has 0 radical (unpaired) electrons. The molecule has 8 aromatic carbocycles. The molecule has 1 aliphatic rings. The van der Waals surface area contributed by atoms with E-state index in [2.05, 4.69) is 157 Å². The van der Waals surface area contributed by atoms with Crippen LogP contribution in [0.25, 0.3) is 33.4 Å². The van der Waals surface area contributed by atoms with Gasteiger partial charge in [0.15, 0.2) is 0 Å². The third kappa shape index (κ3) is 7.42. The van der Waals surface area contributed by atoms with Gasteiger partial charge in [0.05, 0.1) is 28.4 Å². The zero-order chi connectivity index (χ0) is 42.1. The highest BCUT2D eigenvalue weighted by atomic mass is 16.5. The van der Waals surface area contributed by atoms with Crippen LogP contribution in [-0.4, -0.2) is 28.4 Å². The van der Waals surface area contributed by atoms with Gasteiger partial charge in [-0.05, 0) is 178 Å². The molecule has 0 spiro atoms. The minimum atomic E-state index is -0.185. The van der Waals surface area contributed by atoms with Crippen LogP contribution in [0.3, 0.4) is 0 Å². The zero-order valence-corrected chi connectivity index (χ0v) is 35.3. The maximum Gasteiger partial charge on any atom is 0.119 e. The van der Waals surface area contributed by atoms with E-state index < -0.39 is 0 Å². The zero-order valence-electron chi connectivity index (χ0n) is 35.3. The van der Waals surface area contributed by atoms with E-state index in [9.17, 15) is 0 Å². The standard InChI is InChI=1S/C55H48N2O4/c1-55(2)53-35-39(37-7-13-41(14-8-37)56(43-17-25-47(58-3)26-18-43)44-19-27-48(59-4)28-20-44)11-33-51(53)52-34-12-40(36-54(52)55)38-9-15-42(16-10-38)57(45-21-29-49(60-5)30-22-45)46-23-31-50(61-6)32-24-46/h7-36H,1-6H3. The summed E-state index contributed by atoms with van der Waals surface area (Å²) < 4.78 is 21.8. The highest BCUT2D eigenvalue weighted by molar-refractivity contribution is 5.87. The summed E-state index contributed by atoms with van der Waals surface area (Å²) >= 11 is 0. The topological polar surface area (TPSA) is 43.4 Å². The summed E-state index contributed by atoms with van der Waals surface area (Å²) in [4.78, 5) is 4.49. The number of hydrogen-bond donors (Lipinski definition) is 0. The molecule has 0 atom stereocenters. The first-order valence-corrected chi connectivity index (χ1v) is 20.4. The minimum absolute atomic E-state index is 0.185. The van der Waals surface area contributed by atoms with Gasteiger partial charge in [-0.15, -0.1) is 0 Å². The second-order valence-corrected chi connectivity index (χ2v) is 15.7. The smallest absolute Gasteiger partial charge is 0.119 e. The number of methoxy groups -OCH3 is 4. The van der Waals surface area contributed by atoms with Crippen molar-refractivity contribution in [3.05, 3.63) is 193 Å². The fraction of sp³-hybridized carbons (Fsp3) is 0.127. The normalized spacial score (nSPS) is 12.2. The van der Waals surface area contributed by atoms with Crippen molar-refractivity contribution in [2.75, 3.05) is 38.2 Å². The highest BCUT2D eigenvalue weighted by Crippen LogP contribution is 2.51. The highest BCUT2D eigenvalue weighted by Gasteiger charge is 2.36. The number of ether oxygens (including phenoxy) is 4. The first-order chi connectivity index (χ1) is 29.8. The fourth-order valence-corrected chi connectivity index (χ4v) is 8.52. The molecular weight excluding hydrogens is 753 g/mol. The number of hydrogen-bond acceptors (Lipinski definition) is 6. The number of nitrogens with zero attached hydrogens (tertiary/aromatic N) is 2. The van der Waals surface area contributed by atoms with Crippen molar-refractivity contribution in [2.24, 2.45) is 0 Å². The molecule has 0 heterocycles. The second kappa shape index (κ2) is 16.3. The summed E-state index contributed by atoms with van der Waals surface area (Å²) in [7, 11) is 6.76. The predicted molar refractivity (Wildman–Crippen MR) is 250 cm³/mol. The van der Waals surface area contributed by atoms with Crippen LogP contribution in [0, 0.1) is 0 Å². The van der Waals surface area contributed by atoms with E-state index in [1.807, 2.05) is 48.5 Å². The lowest BCUT2D eigenvalue weighted by Gasteiger charge is -2.26. The van der Waals surface area contributed by atoms with Crippen molar-refractivity contribution in [3.8, 4) is 56.4 Å². The van der Waals surface area contributed by atoms with Gasteiger partial charge in [-0.3, -0.25) is 0 Å². The van der Waals surface area contributed by atoms with Crippen LogP contribution < -0.4 is 28.7 Å². The predicted octanol–water partition coefficient (Wildman–Crippen LogP) is 14.3. The Hall–Kier alpha value is -7.44. The molecule has 302 valence electrons. The fourth-order valence-electron chi connectivity index (χ4n) is 8.52. The molecule has 6 nitrogen and oxygen atoms in total. The summed E-state index contributed by atoms with van der Waals surface area (Å²) in [6.07, 6.45) is 0. The Kier molecular flexibility index (Phi) is 10.4. The monoisotopic (exact) mass is 800 g/mol. The van der Waals surface area contributed by atoms with Gasteiger partial charge in [-0.25, -0.2) is 0 Å². The van der Waals surface area contributed by atoms with E-state index in [4.69, 9.17) is 18.9 Å². The van der Waals surface area contributed by atoms with Gasteiger partial charge in [0.25, 0.3) is 0 Å². The molecule has 0 fully saturated rings. The Morgan fingerprint density at radius 2 is 0.525 bits per heavy atom. The van der Waals surface area contributed by atoms with Crippen LogP contribution in [0.15, 0.2) is 182 Å². The molecule has 9 rings (SSSR count). The average Bonchev–Trinajstić information content (AvgIpc) is 3.55. The second-order valence-electron chi connectivity index (χ2n) is 15.7. The summed E-state index contributed by atoms with van der Waals surface area (Å²) in [5, 5.41) is 0. The number of rotatable bonds is 12. The minimum Gasteiger partial charge on any atom is -0.497 e. The van der Waals surface area contributed by atoms with Gasteiger partial charge in [-0.1, -0.05) is 62.4 Å². The van der Waals surface area contributed by atoms with E-state index >= 15 is 0 Å². The molecule has 6 heteroatoms. The molecule has 0 aliphatic heterocycles. The van der Waals surface area contributed by atoms with Crippen molar-refractivity contribution >= 4 is 34.1 Å². The van der Waals surface area contributed by atoms with E-state index in [-0.39, 0.29) is 5.41 Å². The molecule has 61 heavy (non-hydrogen) atoms. The number of fused-ring (bicyclic) bond motifs is 3. The molecule has 0 aromatic heterocycles. The van der Waals surface area contributed by atoms with E-state index in [0.29, 0.717) is 0 Å². The summed E-state index contributed by atoms with van der Waals surface area (Å²) in [6.45, 7) is 4.70. The third-order valence-electron chi connectivity index (χ3n) is 11.9. The molecule has 0 unspecified atom stereocenters. The molecule has 0 saturated heterocycles. The largest absolute Gasteiger partial charge is 0.497 e. The third-order valence-corrected chi connectivity index (χ3v) is 11.9. The lowest BCUT2D eigenvalue weighted by Crippen LogP contribution is -2.15. The molecule has 1 aliphatic carbocycles. The molecule has 8 aromatic rings. The van der Waals surface area contributed by atoms with Crippen molar-refractivity contribution < 1.29 is 18.9 Å². The summed E-state index contributed by atoms with van der Waals surface area (Å²) in [5.74, 6) is 3.28. The van der Waals surface area contributed by atoms with Gasteiger partial charge in [0, 0.05) is 39.5 Å². The van der Waals surface area contributed by atoms with Crippen molar-refractivity contribution in [1.29, 1.82) is 0 Å². The Labute approximate surface area is 358 Å². The van der Waals surface area contributed by atoms with E-state index in [0.717, 1.165) is 57.1 Å². The Morgan fingerprint density at radius 1 is 0.295 bits per heavy atom. The van der Waals surface area contributed by atoms with Crippen molar-refractivity contribution in [2.45, 2.75) is 19.3 Å². The van der Waals surface area contributed by atoms with Crippen LogP contribution in [0.5, 0.6) is 23.0 Å². The Morgan fingerprint density at radius 3 is 0.770 bits per heavy atom. The van der Waals surface area contributed by atoms with Crippen LogP contribution in [0.1, 0.15) is 25.0 Å². The summed E-state index contributed by atoms with van der Waals surface area (Å²) in [5.41, 5.74) is 16.1. The van der Waals surface area contributed by atoms with Gasteiger partial charge in [0.1, 0.15) is 23.0 Å². The maximum atomic E-state index is 5.45. The molecule has 0 N–H and O–H groups in total. The Balaban J connectivity index is 0.991. The van der Waals surface area contributed by atoms with Gasteiger partial charge >= 0.3 is 0 Å². The maximum absolute atomic E-state index is 5.45. The molecule has 0 bridgehead atoms. The van der Waals surface area contributed by atoms with Crippen LogP contribution in [0.4, 0.5) is 34.1 Å². The number of benzene rings is 8. The van der Waals surface area contributed by atoms with Crippen LogP contribution in [0.2, 0.25) is 0 Å². The van der Waals surface area contributed by atoms with Crippen LogP contribution >= 0.6 is 0 Å². The lowest BCUT2D eigenvalue weighted by molar-refractivity contribution is 0.414. The van der Waals surface area contributed by atoms with Crippen molar-refractivity contribution in [1.82, 2.24) is 0 Å². The van der Waals surface area contributed by atoms with Gasteiger partial charge < -0.3 is 28.7 Å². The van der Waals surface area contributed by atoms with E-state index in [1.165, 1.54) is 44.5 Å². The average molecular weight is 801 g/mol. The SMILES string of the molecule is COc1ccc(N(c2ccc(OC)cc2)c2ccc(-c3ccc4c(c3)C(C)(C)c3cc(-c5ccc(N(c6ccc(OC)cc6)c6ccc(OC)cc6)cc5)ccc3-4)cc2)cc1. The van der Waals surface area contributed by atoms with Crippen LogP contribution in [-0.2, 0) is 5.41 Å². The van der Waals surface area contributed by atoms with Gasteiger partial charge in [-0.2, -0.15) is 0 Å². The van der Waals surface area contributed by atoms with Crippen molar-refractivity contribution in [3.63, 3.8) is 0 Å². The Bertz CT molecular complexity index is 2490.